The van der Waals surface area contributed by atoms with Crippen molar-refractivity contribution in [3.8, 4) is 0 Å². The van der Waals surface area contributed by atoms with Crippen molar-refractivity contribution in [3.05, 3.63) is 11.8 Å². The van der Waals surface area contributed by atoms with Crippen molar-refractivity contribution < 1.29 is 13.2 Å². The Morgan fingerprint density at radius 2 is 2.35 bits per heavy atom. The molecule has 1 amide bonds. The molecule has 0 aromatic carbocycles. The van der Waals surface area contributed by atoms with Gasteiger partial charge in [0.15, 0.2) is 9.84 Å². The smallest absolute Gasteiger partial charge is 0.225 e. The molecule has 3 N–H and O–H groups in total. The Morgan fingerprint density at radius 1 is 1.60 bits per heavy atom. The SMILES string of the molecule is Cc1cc(NC(=O)CCCN)n(C2CCS(=O)(=O)C2)n1. The number of rotatable bonds is 5. The van der Waals surface area contributed by atoms with Crippen LogP contribution in [0.2, 0.25) is 0 Å². The van der Waals surface area contributed by atoms with Gasteiger partial charge in [-0.1, -0.05) is 0 Å². The Balaban J connectivity index is 2.12. The second-order valence-corrected chi connectivity index (χ2v) is 7.34. The molecule has 1 saturated heterocycles. The van der Waals surface area contributed by atoms with E-state index in [1.165, 1.54) is 0 Å². The van der Waals surface area contributed by atoms with Crippen LogP contribution < -0.4 is 11.1 Å². The molecular formula is C12H20N4O3S. The van der Waals surface area contributed by atoms with Crippen LogP contribution >= 0.6 is 0 Å². The summed E-state index contributed by atoms with van der Waals surface area (Å²) in [5.74, 6) is 0.695. The Labute approximate surface area is 118 Å². The minimum atomic E-state index is -2.98. The van der Waals surface area contributed by atoms with Crippen LogP contribution in [0.5, 0.6) is 0 Å². The molecule has 0 aliphatic carbocycles. The first-order valence-electron chi connectivity index (χ1n) is 6.68. The molecule has 1 aromatic heterocycles. The van der Waals surface area contributed by atoms with Gasteiger partial charge in [0, 0.05) is 12.5 Å². The van der Waals surface area contributed by atoms with E-state index >= 15 is 0 Å². The number of hydrogen-bond acceptors (Lipinski definition) is 5. The predicted molar refractivity (Wildman–Crippen MR) is 76.2 cm³/mol. The summed E-state index contributed by atoms with van der Waals surface area (Å²) in [6, 6.07) is 1.56. The van der Waals surface area contributed by atoms with Gasteiger partial charge in [-0.3, -0.25) is 4.79 Å². The molecule has 1 aliphatic heterocycles. The van der Waals surface area contributed by atoms with Gasteiger partial charge in [-0.2, -0.15) is 5.10 Å². The number of aryl methyl sites for hydroxylation is 1. The second-order valence-electron chi connectivity index (χ2n) is 5.11. The van der Waals surface area contributed by atoms with Crippen molar-refractivity contribution in [1.82, 2.24) is 9.78 Å². The molecule has 1 atom stereocenters. The average Bonchev–Trinajstić information content (AvgIpc) is 2.89. The van der Waals surface area contributed by atoms with Crippen LogP contribution in [0.25, 0.3) is 0 Å². The Hall–Kier alpha value is -1.41. The van der Waals surface area contributed by atoms with Crippen LogP contribution in [0, 0.1) is 6.92 Å². The summed E-state index contributed by atoms with van der Waals surface area (Å²) in [5, 5.41) is 7.09. The number of anilines is 1. The van der Waals surface area contributed by atoms with E-state index in [-0.39, 0.29) is 23.5 Å². The third kappa shape index (κ3) is 3.57. The minimum absolute atomic E-state index is 0.0831. The van der Waals surface area contributed by atoms with Crippen LogP contribution in [0.15, 0.2) is 6.07 Å². The number of carbonyl (C=O) groups is 1. The van der Waals surface area contributed by atoms with Crippen molar-refractivity contribution in [2.24, 2.45) is 5.73 Å². The number of carbonyl (C=O) groups excluding carboxylic acids is 1. The monoisotopic (exact) mass is 300 g/mol. The normalized spacial score (nSPS) is 21.0. The highest BCUT2D eigenvalue weighted by molar-refractivity contribution is 7.91. The van der Waals surface area contributed by atoms with Gasteiger partial charge in [-0.05, 0) is 26.3 Å². The topological polar surface area (TPSA) is 107 Å². The van der Waals surface area contributed by atoms with E-state index in [9.17, 15) is 13.2 Å². The third-order valence-corrected chi connectivity index (χ3v) is 5.04. The molecule has 1 unspecified atom stereocenters. The fourth-order valence-corrected chi connectivity index (χ4v) is 4.02. The molecule has 20 heavy (non-hydrogen) atoms. The number of sulfone groups is 1. The highest BCUT2D eigenvalue weighted by Gasteiger charge is 2.31. The predicted octanol–water partition coefficient (Wildman–Crippen LogP) is 0.229. The van der Waals surface area contributed by atoms with E-state index in [1.807, 2.05) is 6.92 Å². The zero-order chi connectivity index (χ0) is 14.8. The quantitative estimate of drug-likeness (QED) is 0.809. The summed E-state index contributed by atoms with van der Waals surface area (Å²) in [5.41, 5.74) is 6.12. The first-order chi connectivity index (χ1) is 9.41. The Bertz CT molecular complexity index is 594. The van der Waals surface area contributed by atoms with Crippen molar-refractivity contribution in [2.75, 3.05) is 23.4 Å². The maximum absolute atomic E-state index is 11.7. The number of nitrogens with zero attached hydrogens (tertiary/aromatic N) is 2. The Morgan fingerprint density at radius 3 is 2.95 bits per heavy atom. The summed E-state index contributed by atoms with van der Waals surface area (Å²) in [4.78, 5) is 11.7. The zero-order valence-electron chi connectivity index (χ0n) is 11.5. The van der Waals surface area contributed by atoms with Crippen molar-refractivity contribution in [1.29, 1.82) is 0 Å². The van der Waals surface area contributed by atoms with Gasteiger partial charge in [0.25, 0.3) is 0 Å². The minimum Gasteiger partial charge on any atom is -0.330 e. The highest BCUT2D eigenvalue weighted by Crippen LogP contribution is 2.27. The first-order valence-corrected chi connectivity index (χ1v) is 8.50. The fraction of sp³-hybridized carbons (Fsp3) is 0.667. The number of amides is 1. The summed E-state index contributed by atoms with van der Waals surface area (Å²) in [6.07, 6.45) is 1.51. The molecule has 1 aromatic rings. The van der Waals surface area contributed by atoms with Gasteiger partial charge in [-0.15, -0.1) is 0 Å². The molecule has 0 bridgehead atoms. The molecule has 2 heterocycles. The molecule has 8 heteroatoms. The van der Waals surface area contributed by atoms with E-state index in [2.05, 4.69) is 10.4 Å². The molecule has 2 rings (SSSR count). The van der Waals surface area contributed by atoms with Crippen molar-refractivity contribution in [3.63, 3.8) is 0 Å². The van der Waals surface area contributed by atoms with Crippen molar-refractivity contribution >= 4 is 21.6 Å². The zero-order valence-corrected chi connectivity index (χ0v) is 12.3. The number of nitrogens with two attached hydrogens (primary N) is 1. The van der Waals surface area contributed by atoms with Crippen LogP contribution in [-0.2, 0) is 14.6 Å². The average molecular weight is 300 g/mol. The van der Waals surface area contributed by atoms with E-state index < -0.39 is 9.84 Å². The van der Waals surface area contributed by atoms with E-state index in [0.717, 1.165) is 5.69 Å². The van der Waals surface area contributed by atoms with Gasteiger partial charge in [0.2, 0.25) is 5.91 Å². The maximum atomic E-state index is 11.7. The number of aromatic nitrogens is 2. The molecule has 7 nitrogen and oxygen atoms in total. The number of nitrogens with one attached hydrogen (secondary N) is 1. The standard InChI is InChI=1S/C12H20N4O3S/c1-9-7-11(14-12(17)3-2-5-13)16(15-9)10-4-6-20(18,19)8-10/h7,10H,2-6,8,13H2,1H3,(H,14,17). The molecule has 1 aliphatic rings. The van der Waals surface area contributed by atoms with Crippen LogP contribution in [0.1, 0.15) is 31.0 Å². The van der Waals surface area contributed by atoms with Crippen LogP contribution in [0.4, 0.5) is 5.82 Å². The molecule has 0 spiro atoms. The maximum Gasteiger partial charge on any atom is 0.225 e. The highest BCUT2D eigenvalue weighted by atomic mass is 32.2. The Kier molecular flexibility index (Phi) is 4.44. The fourth-order valence-electron chi connectivity index (χ4n) is 2.32. The largest absolute Gasteiger partial charge is 0.330 e. The molecule has 1 fully saturated rings. The molecule has 112 valence electrons. The molecule has 0 saturated carbocycles. The lowest BCUT2D eigenvalue weighted by Gasteiger charge is -2.13. The summed E-state index contributed by atoms with van der Waals surface area (Å²) in [6.45, 7) is 2.28. The van der Waals surface area contributed by atoms with E-state index in [0.29, 0.717) is 31.6 Å². The lowest BCUT2D eigenvalue weighted by Crippen LogP contribution is -2.20. The van der Waals surface area contributed by atoms with Crippen molar-refractivity contribution in [2.45, 2.75) is 32.2 Å². The van der Waals surface area contributed by atoms with Crippen LogP contribution in [0.3, 0.4) is 0 Å². The summed E-state index contributed by atoms with van der Waals surface area (Å²) >= 11 is 0. The second kappa shape index (κ2) is 5.92. The van der Waals surface area contributed by atoms with Gasteiger partial charge in [0.1, 0.15) is 5.82 Å². The number of hydrogen-bond donors (Lipinski definition) is 2. The first kappa shape index (κ1) is 15.0. The lowest BCUT2D eigenvalue weighted by molar-refractivity contribution is -0.116. The van der Waals surface area contributed by atoms with Gasteiger partial charge in [0.05, 0.1) is 23.2 Å². The molecular weight excluding hydrogens is 280 g/mol. The third-order valence-electron chi connectivity index (χ3n) is 3.29. The van der Waals surface area contributed by atoms with E-state index in [1.54, 1.807) is 10.7 Å². The van der Waals surface area contributed by atoms with Gasteiger partial charge in [-0.25, -0.2) is 13.1 Å². The molecule has 0 radical (unpaired) electrons. The van der Waals surface area contributed by atoms with E-state index in [4.69, 9.17) is 5.73 Å². The van der Waals surface area contributed by atoms with Gasteiger partial charge >= 0.3 is 0 Å². The summed E-state index contributed by atoms with van der Waals surface area (Å²) in [7, 11) is -2.98. The lowest BCUT2D eigenvalue weighted by atomic mass is 10.2. The van der Waals surface area contributed by atoms with Crippen LogP contribution in [-0.4, -0.2) is 42.2 Å². The van der Waals surface area contributed by atoms with Gasteiger partial charge < -0.3 is 11.1 Å². The summed E-state index contributed by atoms with van der Waals surface area (Å²) < 4.78 is 24.7.